The molecule has 0 bridgehead atoms. The first kappa shape index (κ1) is 16.0. The highest BCUT2D eigenvalue weighted by Gasteiger charge is 2.11. The molecule has 2 rings (SSSR count). The van der Waals surface area contributed by atoms with Crippen LogP contribution in [0.4, 0.5) is 0 Å². The molecule has 1 heterocycles. The minimum Gasteiger partial charge on any atom is -0.493 e. The zero-order valence-electron chi connectivity index (χ0n) is 13.3. The van der Waals surface area contributed by atoms with Crippen LogP contribution in [0.1, 0.15) is 36.9 Å². The minimum atomic E-state index is 0.104. The minimum absolute atomic E-state index is 0.104. The molecule has 0 saturated heterocycles. The lowest BCUT2D eigenvalue weighted by Crippen LogP contribution is -2.35. The van der Waals surface area contributed by atoms with Crippen LogP contribution in [-0.2, 0) is 13.0 Å². The highest BCUT2D eigenvalue weighted by molar-refractivity contribution is 7.09. The van der Waals surface area contributed by atoms with Crippen molar-refractivity contribution in [1.82, 2.24) is 10.3 Å². The molecule has 0 aliphatic heterocycles. The summed E-state index contributed by atoms with van der Waals surface area (Å²) in [6, 6.07) is 8.24. The first-order valence-electron chi connectivity index (χ1n) is 7.30. The van der Waals surface area contributed by atoms with E-state index in [4.69, 9.17) is 4.74 Å². The Hall–Kier alpha value is -1.39. The van der Waals surface area contributed by atoms with Crippen molar-refractivity contribution in [3.63, 3.8) is 0 Å². The molecule has 1 aromatic heterocycles. The summed E-state index contributed by atoms with van der Waals surface area (Å²) in [5, 5.41) is 3.50. The second-order valence-corrected chi connectivity index (χ2v) is 7.11. The van der Waals surface area contributed by atoms with Crippen LogP contribution in [-0.4, -0.2) is 17.1 Å². The van der Waals surface area contributed by atoms with Crippen LogP contribution in [0.25, 0.3) is 0 Å². The van der Waals surface area contributed by atoms with Crippen LogP contribution in [0.2, 0.25) is 0 Å². The van der Waals surface area contributed by atoms with E-state index in [1.807, 2.05) is 24.6 Å². The highest BCUT2D eigenvalue weighted by atomic mass is 32.1. The lowest BCUT2D eigenvalue weighted by atomic mass is 10.1. The van der Waals surface area contributed by atoms with Gasteiger partial charge in [-0.2, -0.15) is 0 Å². The molecule has 0 spiro atoms. The summed E-state index contributed by atoms with van der Waals surface area (Å²) in [5.74, 6) is 0.969. The average molecular weight is 304 g/mol. The van der Waals surface area contributed by atoms with Crippen LogP contribution >= 0.6 is 11.3 Å². The van der Waals surface area contributed by atoms with E-state index in [2.05, 4.69) is 43.2 Å². The molecule has 0 atom stereocenters. The fourth-order valence-electron chi connectivity index (χ4n) is 1.97. The third-order valence-corrected chi connectivity index (χ3v) is 4.21. The maximum atomic E-state index is 5.97. The van der Waals surface area contributed by atoms with Crippen LogP contribution in [0.5, 0.6) is 5.75 Å². The Morgan fingerprint density at radius 2 is 2.00 bits per heavy atom. The van der Waals surface area contributed by atoms with Crippen LogP contribution in [0, 0.1) is 6.92 Å². The van der Waals surface area contributed by atoms with E-state index in [0.29, 0.717) is 6.61 Å². The normalized spacial score (nSPS) is 11.6. The van der Waals surface area contributed by atoms with Gasteiger partial charge in [-0.25, -0.2) is 4.98 Å². The van der Waals surface area contributed by atoms with Gasteiger partial charge in [0.15, 0.2) is 0 Å². The number of aromatic nitrogens is 1. The van der Waals surface area contributed by atoms with Gasteiger partial charge in [0.2, 0.25) is 0 Å². The standard InChI is InChI=1S/C17H24N2OS/c1-13-16(21-12-18-13)9-10-20-15-8-6-5-7-14(15)11-19-17(2,3)4/h5-8,12,19H,9-11H2,1-4H3. The maximum Gasteiger partial charge on any atom is 0.123 e. The van der Waals surface area contributed by atoms with Gasteiger partial charge in [-0.05, 0) is 33.8 Å². The topological polar surface area (TPSA) is 34.1 Å². The van der Waals surface area contributed by atoms with Crippen molar-refractivity contribution in [2.75, 3.05) is 6.61 Å². The van der Waals surface area contributed by atoms with Crippen molar-refractivity contribution in [1.29, 1.82) is 0 Å². The number of para-hydroxylation sites is 1. The highest BCUT2D eigenvalue weighted by Crippen LogP contribution is 2.20. The molecular weight excluding hydrogens is 280 g/mol. The van der Waals surface area contributed by atoms with Gasteiger partial charge in [-0.1, -0.05) is 18.2 Å². The lowest BCUT2D eigenvalue weighted by Gasteiger charge is -2.21. The summed E-state index contributed by atoms with van der Waals surface area (Å²) in [5.41, 5.74) is 4.32. The maximum absolute atomic E-state index is 5.97. The monoisotopic (exact) mass is 304 g/mol. The van der Waals surface area contributed by atoms with Gasteiger partial charge in [0.25, 0.3) is 0 Å². The van der Waals surface area contributed by atoms with Crippen molar-refractivity contribution in [3.05, 3.63) is 45.9 Å². The number of benzene rings is 1. The number of hydrogen-bond acceptors (Lipinski definition) is 4. The summed E-state index contributed by atoms with van der Waals surface area (Å²) >= 11 is 1.70. The molecule has 21 heavy (non-hydrogen) atoms. The molecule has 0 aliphatic carbocycles. The molecule has 1 aromatic carbocycles. The fraction of sp³-hybridized carbons (Fsp3) is 0.471. The van der Waals surface area contributed by atoms with Gasteiger partial charge in [-0.3, -0.25) is 0 Å². The predicted molar refractivity (Wildman–Crippen MR) is 89.1 cm³/mol. The largest absolute Gasteiger partial charge is 0.493 e. The van der Waals surface area contributed by atoms with Gasteiger partial charge in [-0.15, -0.1) is 11.3 Å². The van der Waals surface area contributed by atoms with Crippen molar-refractivity contribution in [2.45, 2.75) is 46.2 Å². The zero-order chi connectivity index (χ0) is 15.3. The third-order valence-electron chi connectivity index (χ3n) is 3.21. The third kappa shape index (κ3) is 5.14. The molecule has 0 unspecified atom stereocenters. The Kier molecular flexibility index (Phi) is 5.37. The Balaban J connectivity index is 1.92. The second-order valence-electron chi connectivity index (χ2n) is 6.17. The Labute approximate surface area is 131 Å². The Bertz CT molecular complexity index is 572. The number of ether oxygens (including phenoxy) is 1. The molecule has 2 aromatic rings. The summed E-state index contributed by atoms with van der Waals surface area (Å²) in [6.07, 6.45) is 0.914. The molecule has 0 amide bonds. The van der Waals surface area contributed by atoms with Gasteiger partial charge in [0.1, 0.15) is 5.75 Å². The Morgan fingerprint density at radius 3 is 2.67 bits per heavy atom. The SMILES string of the molecule is Cc1ncsc1CCOc1ccccc1CNC(C)(C)C. The van der Waals surface area contributed by atoms with E-state index in [-0.39, 0.29) is 5.54 Å². The molecule has 114 valence electrons. The first-order valence-corrected chi connectivity index (χ1v) is 8.18. The van der Waals surface area contributed by atoms with Crippen LogP contribution in [0.3, 0.4) is 0 Å². The quantitative estimate of drug-likeness (QED) is 0.877. The number of thiazole rings is 1. The van der Waals surface area contributed by atoms with Gasteiger partial charge in [0, 0.05) is 28.9 Å². The van der Waals surface area contributed by atoms with Crippen molar-refractivity contribution in [3.8, 4) is 5.75 Å². The number of nitrogens with zero attached hydrogens (tertiary/aromatic N) is 1. The molecule has 3 nitrogen and oxygen atoms in total. The molecular formula is C17H24N2OS. The first-order chi connectivity index (χ1) is 9.96. The second kappa shape index (κ2) is 7.05. The number of rotatable bonds is 6. The Morgan fingerprint density at radius 1 is 1.24 bits per heavy atom. The molecule has 0 fully saturated rings. The molecule has 0 radical (unpaired) electrons. The molecule has 4 heteroatoms. The zero-order valence-corrected chi connectivity index (χ0v) is 14.1. The van der Waals surface area contributed by atoms with E-state index in [1.54, 1.807) is 11.3 Å². The summed E-state index contributed by atoms with van der Waals surface area (Å²) in [6.45, 7) is 10.1. The summed E-state index contributed by atoms with van der Waals surface area (Å²) in [4.78, 5) is 5.58. The van der Waals surface area contributed by atoms with Crippen molar-refractivity contribution in [2.24, 2.45) is 0 Å². The van der Waals surface area contributed by atoms with Gasteiger partial charge >= 0.3 is 0 Å². The van der Waals surface area contributed by atoms with E-state index >= 15 is 0 Å². The van der Waals surface area contributed by atoms with E-state index in [1.165, 1.54) is 10.4 Å². The van der Waals surface area contributed by atoms with Crippen molar-refractivity contribution < 1.29 is 4.74 Å². The van der Waals surface area contributed by atoms with E-state index in [0.717, 1.165) is 24.4 Å². The summed E-state index contributed by atoms with van der Waals surface area (Å²) in [7, 11) is 0. The van der Waals surface area contributed by atoms with Crippen molar-refractivity contribution >= 4 is 11.3 Å². The van der Waals surface area contributed by atoms with Gasteiger partial charge < -0.3 is 10.1 Å². The van der Waals surface area contributed by atoms with E-state index in [9.17, 15) is 0 Å². The van der Waals surface area contributed by atoms with E-state index < -0.39 is 0 Å². The summed E-state index contributed by atoms with van der Waals surface area (Å²) < 4.78 is 5.97. The smallest absolute Gasteiger partial charge is 0.123 e. The molecule has 0 saturated carbocycles. The number of nitrogens with one attached hydrogen (secondary N) is 1. The molecule has 1 N–H and O–H groups in total. The number of hydrogen-bond donors (Lipinski definition) is 1. The number of aryl methyl sites for hydroxylation is 1. The average Bonchev–Trinajstić information content (AvgIpc) is 2.82. The molecule has 0 aliphatic rings. The van der Waals surface area contributed by atoms with Gasteiger partial charge in [0.05, 0.1) is 17.8 Å². The van der Waals surface area contributed by atoms with Crippen LogP contribution < -0.4 is 10.1 Å². The fourth-order valence-corrected chi connectivity index (χ4v) is 2.73. The van der Waals surface area contributed by atoms with Crippen LogP contribution in [0.15, 0.2) is 29.8 Å². The predicted octanol–water partition coefficient (Wildman–Crippen LogP) is 3.96. The lowest BCUT2D eigenvalue weighted by molar-refractivity contribution is 0.316.